The Morgan fingerprint density at radius 2 is 1.91 bits per heavy atom. The molecule has 32 heavy (non-hydrogen) atoms. The molecule has 2 bridgehead atoms. The van der Waals surface area contributed by atoms with Crippen LogP contribution in [0.25, 0.3) is 0 Å². The average molecular weight is 434 g/mol. The maximum atomic E-state index is 13.8. The lowest BCUT2D eigenvalue weighted by molar-refractivity contribution is -0.136. The summed E-state index contributed by atoms with van der Waals surface area (Å²) in [6.07, 6.45) is 9.83. The van der Waals surface area contributed by atoms with Crippen molar-refractivity contribution in [3.8, 4) is 6.07 Å². The van der Waals surface area contributed by atoms with Gasteiger partial charge >= 0.3 is 0 Å². The average Bonchev–Trinajstić information content (AvgIpc) is 3.56. The number of ketones is 1. The van der Waals surface area contributed by atoms with E-state index in [1.54, 1.807) is 10.9 Å². The smallest absolute Gasteiger partial charge is 0.161 e. The van der Waals surface area contributed by atoms with Crippen molar-refractivity contribution in [3.63, 3.8) is 0 Å². The Kier molecular flexibility index (Phi) is 3.63. The standard InChI is InChI=1S/C27H35N3O2/c1-14-16(11-28)12-29-30(14)13-20(31)27-23-21(24(23)27)22-19-5-4-15-10-25(2,32)8-6-17(15)18(19)7-9-26(22,27)3/h12,15,17-19,21-24,32H,4-10,13H2,1-3H3/t15-,17+,18-,19-,21?,22-,23-,24?,25-,26+,27?/m1/s1. The van der Waals surface area contributed by atoms with Crippen molar-refractivity contribution < 1.29 is 9.90 Å². The van der Waals surface area contributed by atoms with Crippen LogP contribution in [0, 0.1) is 76.4 Å². The highest BCUT2D eigenvalue weighted by atomic mass is 16.3. The molecule has 7 aliphatic carbocycles. The van der Waals surface area contributed by atoms with E-state index in [2.05, 4.69) is 18.1 Å². The fraction of sp³-hybridized carbons (Fsp3) is 0.815. The summed E-state index contributed by atoms with van der Waals surface area (Å²) in [4.78, 5) is 13.8. The van der Waals surface area contributed by atoms with Crippen LogP contribution in [0.1, 0.15) is 70.1 Å². The number of Topliss-reactive ketones (excluding diaryl/α,β-unsaturated/α-hetero) is 1. The van der Waals surface area contributed by atoms with E-state index in [-0.39, 0.29) is 10.8 Å². The second-order valence-electron chi connectivity index (χ2n) is 12.9. The molecule has 1 aromatic heterocycles. The first-order valence-corrected chi connectivity index (χ1v) is 12.9. The minimum Gasteiger partial charge on any atom is -0.390 e. The van der Waals surface area contributed by atoms with Gasteiger partial charge in [0.25, 0.3) is 0 Å². The minimum atomic E-state index is -0.456. The fourth-order valence-corrected chi connectivity index (χ4v) is 10.7. The van der Waals surface area contributed by atoms with Crippen LogP contribution < -0.4 is 0 Å². The molecule has 0 radical (unpaired) electrons. The number of carbonyl (C=O) groups is 1. The number of hydrogen-bond donors (Lipinski definition) is 1. The molecule has 11 atom stereocenters. The van der Waals surface area contributed by atoms with Crippen LogP contribution in [-0.4, -0.2) is 26.3 Å². The molecule has 3 unspecified atom stereocenters. The van der Waals surface area contributed by atoms with Gasteiger partial charge in [-0.15, -0.1) is 0 Å². The molecule has 0 saturated heterocycles. The summed E-state index contributed by atoms with van der Waals surface area (Å²) < 4.78 is 1.77. The maximum Gasteiger partial charge on any atom is 0.161 e. The Balaban J connectivity index is 1.15. The second kappa shape index (κ2) is 5.87. The molecule has 7 saturated carbocycles. The van der Waals surface area contributed by atoms with E-state index < -0.39 is 5.60 Å². The van der Waals surface area contributed by atoms with Crippen molar-refractivity contribution in [2.75, 3.05) is 0 Å². The van der Waals surface area contributed by atoms with E-state index in [0.29, 0.717) is 35.6 Å². The highest BCUT2D eigenvalue weighted by Crippen LogP contribution is 2.99. The third kappa shape index (κ3) is 2.10. The summed E-state index contributed by atoms with van der Waals surface area (Å²) >= 11 is 0. The van der Waals surface area contributed by atoms with Gasteiger partial charge in [-0.25, -0.2) is 0 Å². The fourth-order valence-electron chi connectivity index (χ4n) is 10.7. The van der Waals surface area contributed by atoms with Crippen molar-refractivity contribution in [1.29, 1.82) is 5.26 Å². The number of nitrogens with zero attached hydrogens (tertiary/aromatic N) is 3. The minimum absolute atomic E-state index is 0.0917. The van der Waals surface area contributed by atoms with Crippen molar-refractivity contribution in [3.05, 3.63) is 17.5 Å². The summed E-state index contributed by atoms with van der Waals surface area (Å²) in [5.41, 5.74) is 1.01. The largest absolute Gasteiger partial charge is 0.390 e. The Morgan fingerprint density at radius 3 is 2.62 bits per heavy atom. The van der Waals surface area contributed by atoms with Gasteiger partial charge in [0.2, 0.25) is 0 Å². The zero-order valence-electron chi connectivity index (χ0n) is 19.6. The van der Waals surface area contributed by atoms with Gasteiger partial charge in [-0.1, -0.05) is 6.92 Å². The summed E-state index contributed by atoms with van der Waals surface area (Å²) in [6, 6.07) is 2.18. The molecule has 1 N–H and O–H groups in total. The second-order valence-corrected chi connectivity index (χ2v) is 12.9. The van der Waals surface area contributed by atoms with E-state index in [9.17, 15) is 15.2 Å². The van der Waals surface area contributed by atoms with Gasteiger partial charge in [-0.05, 0) is 112 Å². The number of aliphatic hydroxyl groups is 1. The molecule has 1 aromatic rings. The first kappa shape index (κ1) is 19.8. The summed E-state index contributed by atoms with van der Waals surface area (Å²) in [6.45, 7) is 6.75. The van der Waals surface area contributed by atoms with Crippen LogP contribution in [0.3, 0.4) is 0 Å². The lowest BCUT2D eigenvalue weighted by Gasteiger charge is -2.56. The molecule has 5 nitrogen and oxygen atoms in total. The van der Waals surface area contributed by atoms with E-state index >= 15 is 0 Å². The van der Waals surface area contributed by atoms with E-state index in [1.165, 1.54) is 32.1 Å². The van der Waals surface area contributed by atoms with Crippen LogP contribution in [0.15, 0.2) is 6.20 Å². The predicted octanol–water partition coefficient (Wildman–Crippen LogP) is 4.12. The van der Waals surface area contributed by atoms with Crippen LogP contribution >= 0.6 is 0 Å². The number of carbonyl (C=O) groups excluding carboxylic acids is 1. The first-order valence-electron chi connectivity index (χ1n) is 12.9. The topological polar surface area (TPSA) is 78.9 Å². The van der Waals surface area contributed by atoms with Crippen molar-refractivity contribution in [2.45, 2.75) is 77.9 Å². The summed E-state index contributed by atoms with van der Waals surface area (Å²) in [7, 11) is 0. The Hall–Kier alpha value is -1.67. The Bertz CT molecular complexity index is 1060. The quantitative estimate of drug-likeness (QED) is 0.778. The lowest BCUT2D eigenvalue weighted by atomic mass is 9.49. The van der Waals surface area contributed by atoms with Crippen LogP contribution in [0.5, 0.6) is 0 Å². The van der Waals surface area contributed by atoms with Gasteiger partial charge in [0.05, 0.1) is 23.1 Å². The Morgan fingerprint density at radius 1 is 1.16 bits per heavy atom. The SMILES string of the molecule is Cc1c(C#N)cnn1CC(=O)C12C3C([C@H]31)[C@H]1[C@@H]3CC[C@@H]4C[C@](C)(O)CC[C@@H]4[C@H]3CC[C@@]12C. The van der Waals surface area contributed by atoms with Gasteiger partial charge in [0.15, 0.2) is 5.78 Å². The predicted molar refractivity (Wildman–Crippen MR) is 118 cm³/mol. The third-order valence-corrected chi connectivity index (χ3v) is 11.8. The van der Waals surface area contributed by atoms with E-state index in [1.807, 2.05) is 13.8 Å². The molecule has 7 fully saturated rings. The normalized spacial score (nSPS) is 54.0. The highest BCUT2D eigenvalue weighted by molar-refractivity contribution is 5.93. The monoisotopic (exact) mass is 433 g/mol. The molecule has 0 aromatic carbocycles. The highest BCUT2D eigenvalue weighted by Gasteiger charge is 2.99. The van der Waals surface area contributed by atoms with Crippen LogP contribution in [-0.2, 0) is 11.3 Å². The summed E-state index contributed by atoms with van der Waals surface area (Å²) in [5, 5.41) is 24.3. The molecule has 5 heteroatoms. The Labute approximate surface area is 190 Å². The molecule has 0 amide bonds. The van der Waals surface area contributed by atoms with Crippen LogP contribution in [0.2, 0.25) is 0 Å². The number of fused-ring (bicyclic) bond motifs is 3. The zero-order chi connectivity index (χ0) is 22.2. The first-order chi connectivity index (χ1) is 15.2. The van der Waals surface area contributed by atoms with Crippen LogP contribution in [0.4, 0.5) is 0 Å². The van der Waals surface area contributed by atoms with Gasteiger partial charge < -0.3 is 5.11 Å². The van der Waals surface area contributed by atoms with E-state index in [4.69, 9.17) is 0 Å². The zero-order valence-corrected chi connectivity index (χ0v) is 19.6. The van der Waals surface area contributed by atoms with Crippen molar-refractivity contribution in [1.82, 2.24) is 9.78 Å². The molecule has 8 rings (SSSR count). The van der Waals surface area contributed by atoms with Gasteiger partial charge in [-0.3, -0.25) is 9.48 Å². The molecule has 0 spiro atoms. The third-order valence-electron chi connectivity index (χ3n) is 11.8. The molecule has 7 aliphatic rings. The van der Waals surface area contributed by atoms with Gasteiger partial charge in [0.1, 0.15) is 12.6 Å². The number of rotatable bonds is 3. The van der Waals surface area contributed by atoms with Crippen molar-refractivity contribution in [2.24, 2.45) is 58.2 Å². The van der Waals surface area contributed by atoms with E-state index in [0.717, 1.165) is 48.1 Å². The van der Waals surface area contributed by atoms with Crippen molar-refractivity contribution >= 4 is 5.78 Å². The van der Waals surface area contributed by atoms with Gasteiger partial charge in [0, 0.05) is 5.41 Å². The number of nitriles is 1. The lowest BCUT2D eigenvalue weighted by Crippen LogP contribution is -2.51. The summed E-state index contributed by atoms with van der Waals surface area (Å²) in [5.74, 6) is 6.33. The van der Waals surface area contributed by atoms with Gasteiger partial charge in [-0.2, -0.15) is 10.4 Å². The molecule has 1 heterocycles. The molecular formula is C27H35N3O2. The molecular weight excluding hydrogens is 398 g/mol. The number of aromatic nitrogens is 2. The number of hydrogen-bond acceptors (Lipinski definition) is 4. The molecule has 170 valence electrons. The maximum absolute atomic E-state index is 13.8. The molecule has 0 aliphatic heterocycles.